The average molecular weight is 290 g/mol. The van der Waals surface area contributed by atoms with Gasteiger partial charge in [0.15, 0.2) is 0 Å². The van der Waals surface area contributed by atoms with Crippen molar-refractivity contribution in [1.29, 1.82) is 0 Å². The van der Waals surface area contributed by atoms with E-state index in [1.807, 2.05) is 0 Å². The Hall–Kier alpha value is -2.47. The van der Waals surface area contributed by atoms with Crippen molar-refractivity contribution < 1.29 is 29.2 Å². The number of cyclic esters (lactones) is 1. The Kier molecular flexibility index (Phi) is 2.91. The maximum Gasteiger partial charge on any atom is 0.345 e. The molecule has 1 atom stereocenters. The van der Waals surface area contributed by atoms with Gasteiger partial charge < -0.3 is 24.4 Å². The molecule has 21 heavy (non-hydrogen) atoms. The molecule has 6 heteroatoms. The number of hydrogen-bond donors (Lipinski definition) is 2. The second-order valence-electron chi connectivity index (χ2n) is 4.82. The third kappa shape index (κ3) is 1.72. The van der Waals surface area contributed by atoms with Crippen molar-refractivity contribution in [3.05, 3.63) is 28.8 Å². The van der Waals surface area contributed by atoms with Crippen molar-refractivity contribution in [2.75, 3.05) is 14.2 Å². The molecule has 0 aliphatic carbocycles. The predicted molar refractivity (Wildman–Crippen MR) is 73.7 cm³/mol. The minimum Gasteiger partial charge on any atom is -0.507 e. The summed E-state index contributed by atoms with van der Waals surface area (Å²) in [6, 6.07) is 2.86. The molecule has 0 spiro atoms. The fraction of sp³-hybridized carbons (Fsp3) is 0.267. The lowest BCUT2D eigenvalue weighted by molar-refractivity contribution is -0.0949. The van der Waals surface area contributed by atoms with E-state index >= 15 is 0 Å². The molecule has 2 aromatic carbocycles. The van der Waals surface area contributed by atoms with E-state index in [1.54, 1.807) is 6.92 Å². The number of ether oxygens (including phenoxy) is 3. The molecule has 1 heterocycles. The van der Waals surface area contributed by atoms with E-state index in [-0.39, 0.29) is 17.1 Å². The van der Waals surface area contributed by atoms with Crippen LogP contribution in [0.5, 0.6) is 17.2 Å². The number of aryl methyl sites for hydroxylation is 1. The number of hydrogen-bond acceptors (Lipinski definition) is 6. The molecule has 0 saturated carbocycles. The fourth-order valence-electron chi connectivity index (χ4n) is 2.79. The van der Waals surface area contributed by atoms with Crippen molar-refractivity contribution in [3.63, 3.8) is 0 Å². The van der Waals surface area contributed by atoms with Crippen LogP contribution in [-0.2, 0) is 9.47 Å². The van der Waals surface area contributed by atoms with E-state index < -0.39 is 12.3 Å². The van der Waals surface area contributed by atoms with Gasteiger partial charge in [0, 0.05) is 23.9 Å². The Morgan fingerprint density at radius 3 is 2.48 bits per heavy atom. The molecule has 1 aliphatic heterocycles. The molecule has 0 saturated heterocycles. The number of benzene rings is 2. The van der Waals surface area contributed by atoms with Crippen LogP contribution < -0.4 is 4.74 Å². The van der Waals surface area contributed by atoms with Gasteiger partial charge in [-0.25, -0.2) is 4.79 Å². The van der Waals surface area contributed by atoms with Gasteiger partial charge >= 0.3 is 5.97 Å². The molecule has 3 rings (SSSR count). The molecule has 0 fully saturated rings. The second kappa shape index (κ2) is 4.53. The molecule has 0 bridgehead atoms. The molecule has 2 aromatic rings. The molecular formula is C15H14O6. The highest BCUT2D eigenvalue weighted by Gasteiger charge is 2.35. The number of aromatic hydroxyl groups is 2. The Labute approximate surface area is 120 Å². The summed E-state index contributed by atoms with van der Waals surface area (Å²) in [5.74, 6) is -0.613. The third-order valence-electron chi connectivity index (χ3n) is 3.65. The van der Waals surface area contributed by atoms with Crippen LogP contribution in [0.4, 0.5) is 0 Å². The minimum atomic E-state index is -0.954. The van der Waals surface area contributed by atoms with Gasteiger partial charge in [0.1, 0.15) is 22.8 Å². The zero-order valence-corrected chi connectivity index (χ0v) is 11.8. The standard InChI is InChI=1S/C15H14O6/c1-6-4-7(16)11-13-10(6)8(17)5-9(19-2)12(13)15(20-3)21-14(11)18/h4-5,15-17H,1-3H3. The van der Waals surface area contributed by atoms with E-state index in [1.165, 1.54) is 26.4 Å². The number of methoxy groups -OCH3 is 2. The first-order valence-corrected chi connectivity index (χ1v) is 6.29. The quantitative estimate of drug-likeness (QED) is 0.826. The lowest BCUT2D eigenvalue weighted by Crippen LogP contribution is -2.20. The Bertz CT molecular complexity index is 765. The number of esters is 1. The van der Waals surface area contributed by atoms with Crippen LogP contribution in [0.15, 0.2) is 12.1 Å². The molecular weight excluding hydrogens is 276 g/mol. The van der Waals surface area contributed by atoms with Gasteiger partial charge in [-0.05, 0) is 18.6 Å². The molecule has 6 nitrogen and oxygen atoms in total. The molecule has 2 N–H and O–H groups in total. The maximum absolute atomic E-state index is 12.1. The van der Waals surface area contributed by atoms with Crippen LogP contribution in [0.2, 0.25) is 0 Å². The summed E-state index contributed by atoms with van der Waals surface area (Å²) in [6.07, 6.45) is -0.954. The van der Waals surface area contributed by atoms with Crippen LogP contribution in [0.1, 0.15) is 27.8 Å². The summed E-state index contributed by atoms with van der Waals surface area (Å²) in [4.78, 5) is 12.1. The summed E-state index contributed by atoms with van der Waals surface area (Å²) in [5, 5.41) is 21.1. The first kappa shape index (κ1) is 13.5. The molecule has 110 valence electrons. The predicted octanol–water partition coefficient (Wildman–Crippen LogP) is 2.38. The van der Waals surface area contributed by atoms with Crippen LogP contribution >= 0.6 is 0 Å². The Balaban J connectivity index is 2.58. The van der Waals surface area contributed by atoms with Crippen LogP contribution in [0, 0.1) is 6.92 Å². The highest BCUT2D eigenvalue weighted by molar-refractivity contribution is 6.13. The highest BCUT2D eigenvalue weighted by Crippen LogP contribution is 2.48. The maximum atomic E-state index is 12.1. The van der Waals surface area contributed by atoms with Crippen molar-refractivity contribution in [2.45, 2.75) is 13.2 Å². The van der Waals surface area contributed by atoms with Gasteiger partial charge in [-0.3, -0.25) is 0 Å². The SMILES string of the molecule is COc1cc(O)c2c(C)cc(O)c3c2c1C(OC)OC3=O. The lowest BCUT2D eigenvalue weighted by Gasteiger charge is -2.27. The zero-order chi connectivity index (χ0) is 15.3. The second-order valence-corrected chi connectivity index (χ2v) is 4.82. The molecule has 0 aromatic heterocycles. The van der Waals surface area contributed by atoms with Crippen LogP contribution in [-0.4, -0.2) is 30.4 Å². The normalized spacial score (nSPS) is 16.9. The van der Waals surface area contributed by atoms with E-state index in [0.717, 1.165) is 0 Å². The summed E-state index contributed by atoms with van der Waals surface area (Å²) < 4.78 is 15.6. The van der Waals surface area contributed by atoms with Crippen LogP contribution in [0.3, 0.4) is 0 Å². The minimum absolute atomic E-state index is 0.00750. The number of phenolic OH excluding ortho intramolecular Hbond substituents is 2. The summed E-state index contributed by atoms with van der Waals surface area (Å²) in [5.41, 5.74) is 1.12. The van der Waals surface area contributed by atoms with Gasteiger partial charge in [0.2, 0.25) is 6.29 Å². The fourth-order valence-corrected chi connectivity index (χ4v) is 2.79. The number of carbonyl (C=O) groups is 1. The summed E-state index contributed by atoms with van der Waals surface area (Å²) >= 11 is 0. The average Bonchev–Trinajstić information content (AvgIpc) is 2.44. The largest absolute Gasteiger partial charge is 0.507 e. The van der Waals surface area contributed by atoms with Crippen LogP contribution in [0.25, 0.3) is 10.8 Å². The first-order valence-electron chi connectivity index (χ1n) is 6.29. The van der Waals surface area contributed by atoms with E-state index in [4.69, 9.17) is 14.2 Å². The summed E-state index contributed by atoms with van der Waals surface area (Å²) in [7, 11) is 2.84. The van der Waals surface area contributed by atoms with Crippen molar-refractivity contribution in [2.24, 2.45) is 0 Å². The number of rotatable bonds is 2. The third-order valence-corrected chi connectivity index (χ3v) is 3.65. The Morgan fingerprint density at radius 1 is 1.14 bits per heavy atom. The highest BCUT2D eigenvalue weighted by atomic mass is 16.7. The van der Waals surface area contributed by atoms with Crippen molar-refractivity contribution in [1.82, 2.24) is 0 Å². The smallest absolute Gasteiger partial charge is 0.345 e. The van der Waals surface area contributed by atoms with Gasteiger partial charge in [0.25, 0.3) is 0 Å². The van der Waals surface area contributed by atoms with Crippen molar-refractivity contribution in [3.8, 4) is 17.2 Å². The van der Waals surface area contributed by atoms with E-state index in [9.17, 15) is 15.0 Å². The van der Waals surface area contributed by atoms with Gasteiger partial charge in [-0.15, -0.1) is 0 Å². The molecule has 0 radical (unpaired) electrons. The molecule has 1 unspecified atom stereocenters. The van der Waals surface area contributed by atoms with Gasteiger partial charge in [0.05, 0.1) is 12.7 Å². The number of carbonyl (C=O) groups excluding carboxylic acids is 1. The lowest BCUT2D eigenvalue weighted by atomic mass is 9.91. The molecule has 1 aliphatic rings. The summed E-state index contributed by atoms with van der Waals surface area (Å²) in [6.45, 7) is 1.73. The zero-order valence-electron chi connectivity index (χ0n) is 11.8. The molecule has 0 amide bonds. The topological polar surface area (TPSA) is 85.2 Å². The van der Waals surface area contributed by atoms with E-state index in [0.29, 0.717) is 27.6 Å². The van der Waals surface area contributed by atoms with Crippen molar-refractivity contribution >= 4 is 16.7 Å². The first-order chi connectivity index (χ1) is 9.99. The Morgan fingerprint density at radius 2 is 1.86 bits per heavy atom. The number of phenols is 2. The van der Waals surface area contributed by atoms with Gasteiger partial charge in [-0.2, -0.15) is 0 Å². The monoisotopic (exact) mass is 290 g/mol. The van der Waals surface area contributed by atoms with Gasteiger partial charge in [-0.1, -0.05) is 0 Å². The van der Waals surface area contributed by atoms with E-state index in [2.05, 4.69) is 0 Å².